The standard InChI is InChI=1S/C15H23F2NO/c1-11(6-5-9-18-15(2,3)4)19-14-8-7-12(16)10-13(14)17/h7-8,10-11,18H,5-6,9H2,1-4H3. The molecule has 0 spiro atoms. The first kappa shape index (κ1) is 15.9. The van der Waals surface area contributed by atoms with Crippen LogP contribution in [0.5, 0.6) is 5.75 Å². The summed E-state index contributed by atoms with van der Waals surface area (Å²) in [6.45, 7) is 9.12. The maximum atomic E-state index is 13.4. The maximum Gasteiger partial charge on any atom is 0.167 e. The van der Waals surface area contributed by atoms with E-state index < -0.39 is 11.6 Å². The minimum absolute atomic E-state index is 0.0956. The van der Waals surface area contributed by atoms with E-state index in [4.69, 9.17) is 4.74 Å². The van der Waals surface area contributed by atoms with Gasteiger partial charge in [-0.25, -0.2) is 8.78 Å². The number of rotatable bonds is 6. The highest BCUT2D eigenvalue weighted by Crippen LogP contribution is 2.20. The number of nitrogens with one attached hydrogen (secondary N) is 1. The van der Waals surface area contributed by atoms with Crippen LogP contribution in [-0.2, 0) is 0 Å². The molecule has 0 bridgehead atoms. The van der Waals surface area contributed by atoms with E-state index >= 15 is 0 Å². The van der Waals surface area contributed by atoms with Crippen molar-refractivity contribution in [2.45, 2.75) is 52.2 Å². The van der Waals surface area contributed by atoms with E-state index in [0.717, 1.165) is 25.5 Å². The Morgan fingerprint density at radius 1 is 1.26 bits per heavy atom. The van der Waals surface area contributed by atoms with E-state index in [0.29, 0.717) is 0 Å². The molecule has 1 unspecified atom stereocenters. The van der Waals surface area contributed by atoms with Gasteiger partial charge >= 0.3 is 0 Å². The van der Waals surface area contributed by atoms with Crippen LogP contribution in [0, 0.1) is 11.6 Å². The molecule has 0 aliphatic heterocycles. The Hall–Kier alpha value is -1.16. The highest BCUT2D eigenvalue weighted by Gasteiger charge is 2.11. The van der Waals surface area contributed by atoms with Crippen molar-refractivity contribution in [2.75, 3.05) is 6.54 Å². The third-order valence-corrected chi connectivity index (χ3v) is 2.66. The van der Waals surface area contributed by atoms with Crippen LogP contribution in [0.3, 0.4) is 0 Å². The lowest BCUT2D eigenvalue weighted by molar-refractivity contribution is 0.196. The summed E-state index contributed by atoms with van der Waals surface area (Å²) in [6.07, 6.45) is 1.67. The normalized spacial score (nSPS) is 13.4. The van der Waals surface area contributed by atoms with Gasteiger partial charge in [0.05, 0.1) is 6.10 Å². The van der Waals surface area contributed by atoms with Gasteiger partial charge in [0.15, 0.2) is 11.6 Å². The molecule has 1 aromatic rings. The average Bonchev–Trinajstić information content (AvgIpc) is 2.27. The van der Waals surface area contributed by atoms with Gasteiger partial charge in [-0.1, -0.05) is 0 Å². The summed E-state index contributed by atoms with van der Waals surface area (Å²) in [5.41, 5.74) is 0.104. The molecule has 1 rings (SSSR count). The molecule has 1 atom stereocenters. The van der Waals surface area contributed by atoms with Crippen molar-refractivity contribution in [3.63, 3.8) is 0 Å². The molecule has 0 saturated carbocycles. The van der Waals surface area contributed by atoms with Crippen LogP contribution in [0.25, 0.3) is 0 Å². The maximum absolute atomic E-state index is 13.4. The second kappa shape index (κ2) is 6.85. The fraction of sp³-hybridized carbons (Fsp3) is 0.600. The Labute approximate surface area is 114 Å². The second-order valence-electron chi connectivity index (χ2n) is 5.82. The van der Waals surface area contributed by atoms with Crippen molar-refractivity contribution in [3.8, 4) is 5.75 Å². The number of hydrogen-bond donors (Lipinski definition) is 1. The van der Waals surface area contributed by atoms with Gasteiger partial charge in [0.2, 0.25) is 0 Å². The zero-order valence-electron chi connectivity index (χ0n) is 12.1. The van der Waals surface area contributed by atoms with Gasteiger partial charge in [-0.05, 0) is 59.2 Å². The summed E-state index contributed by atoms with van der Waals surface area (Å²) in [6, 6.07) is 3.37. The third kappa shape index (κ3) is 6.53. The van der Waals surface area contributed by atoms with Gasteiger partial charge in [-0.2, -0.15) is 0 Å². The molecule has 0 fully saturated rings. The van der Waals surface area contributed by atoms with Crippen molar-refractivity contribution in [1.29, 1.82) is 0 Å². The lowest BCUT2D eigenvalue weighted by atomic mass is 10.1. The van der Waals surface area contributed by atoms with Crippen LogP contribution in [0.2, 0.25) is 0 Å². The number of benzene rings is 1. The first-order chi connectivity index (χ1) is 8.78. The first-order valence-electron chi connectivity index (χ1n) is 6.64. The van der Waals surface area contributed by atoms with E-state index in [2.05, 4.69) is 26.1 Å². The fourth-order valence-corrected chi connectivity index (χ4v) is 1.70. The molecular weight excluding hydrogens is 248 g/mol. The Bertz CT molecular complexity index is 402. The Morgan fingerprint density at radius 3 is 2.53 bits per heavy atom. The molecule has 0 radical (unpaired) electrons. The van der Waals surface area contributed by atoms with E-state index in [1.807, 2.05) is 6.92 Å². The molecule has 2 nitrogen and oxygen atoms in total. The van der Waals surface area contributed by atoms with Crippen LogP contribution in [0.4, 0.5) is 8.78 Å². The molecule has 0 amide bonds. The van der Waals surface area contributed by atoms with Gasteiger partial charge in [0, 0.05) is 11.6 Å². The van der Waals surface area contributed by atoms with Crippen molar-refractivity contribution < 1.29 is 13.5 Å². The van der Waals surface area contributed by atoms with Crippen LogP contribution in [-0.4, -0.2) is 18.2 Å². The minimum atomic E-state index is -0.653. The zero-order valence-corrected chi connectivity index (χ0v) is 12.1. The number of hydrogen-bond acceptors (Lipinski definition) is 2. The SMILES string of the molecule is CC(CCCNC(C)(C)C)Oc1ccc(F)cc1F. The van der Waals surface area contributed by atoms with E-state index in [1.165, 1.54) is 12.1 Å². The smallest absolute Gasteiger partial charge is 0.167 e. The molecule has 4 heteroatoms. The van der Waals surface area contributed by atoms with Crippen LogP contribution in [0.15, 0.2) is 18.2 Å². The summed E-state index contributed by atoms with van der Waals surface area (Å²) >= 11 is 0. The Kier molecular flexibility index (Phi) is 5.73. The monoisotopic (exact) mass is 271 g/mol. The fourth-order valence-electron chi connectivity index (χ4n) is 1.70. The molecule has 0 aliphatic rings. The molecule has 108 valence electrons. The zero-order chi connectivity index (χ0) is 14.5. The Balaban J connectivity index is 2.33. The average molecular weight is 271 g/mol. The summed E-state index contributed by atoms with van der Waals surface area (Å²) in [4.78, 5) is 0. The van der Waals surface area contributed by atoms with Crippen LogP contribution >= 0.6 is 0 Å². The predicted molar refractivity (Wildman–Crippen MR) is 73.4 cm³/mol. The predicted octanol–water partition coefficient (Wildman–Crippen LogP) is 3.90. The molecule has 0 heterocycles. The van der Waals surface area contributed by atoms with E-state index in [-0.39, 0.29) is 17.4 Å². The van der Waals surface area contributed by atoms with Crippen molar-refractivity contribution in [1.82, 2.24) is 5.32 Å². The molecule has 19 heavy (non-hydrogen) atoms. The number of ether oxygens (including phenoxy) is 1. The summed E-state index contributed by atoms with van der Waals surface area (Å²) in [5, 5.41) is 3.38. The summed E-state index contributed by atoms with van der Waals surface area (Å²) < 4.78 is 31.6. The molecule has 0 aliphatic carbocycles. The number of halogens is 2. The molecule has 0 aromatic heterocycles. The van der Waals surface area contributed by atoms with Crippen molar-refractivity contribution in [2.24, 2.45) is 0 Å². The summed E-state index contributed by atoms with van der Waals surface area (Å²) in [5.74, 6) is -1.13. The Morgan fingerprint density at radius 2 is 1.95 bits per heavy atom. The quantitative estimate of drug-likeness (QED) is 0.792. The van der Waals surface area contributed by atoms with Crippen LogP contribution in [0.1, 0.15) is 40.5 Å². The molecule has 0 saturated heterocycles. The second-order valence-corrected chi connectivity index (χ2v) is 5.82. The topological polar surface area (TPSA) is 21.3 Å². The molecule has 1 aromatic carbocycles. The van der Waals surface area contributed by atoms with Gasteiger partial charge < -0.3 is 10.1 Å². The molecular formula is C15H23F2NO. The minimum Gasteiger partial charge on any atom is -0.488 e. The first-order valence-corrected chi connectivity index (χ1v) is 6.64. The van der Waals surface area contributed by atoms with Gasteiger partial charge in [-0.3, -0.25) is 0 Å². The third-order valence-electron chi connectivity index (χ3n) is 2.66. The van der Waals surface area contributed by atoms with Gasteiger partial charge in [0.25, 0.3) is 0 Å². The lowest BCUT2D eigenvalue weighted by Gasteiger charge is -2.21. The summed E-state index contributed by atoms with van der Waals surface area (Å²) in [7, 11) is 0. The van der Waals surface area contributed by atoms with E-state index in [1.54, 1.807) is 0 Å². The highest BCUT2D eigenvalue weighted by atomic mass is 19.1. The van der Waals surface area contributed by atoms with E-state index in [9.17, 15) is 8.78 Å². The van der Waals surface area contributed by atoms with Crippen LogP contribution < -0.4 is 10.1 Å². The molecule has 1 N–H and O–H groups in total. The highest BCUT2D eigenvalue weighted by molar-refractivity contribution is 5.24. The van der Waals surface area contributed by atoms with Crippen molar-refractivity contribution >= 4 is 0 Å². The van der Waals surface area contributed by atoms with Gasteiger partial charge in [-0.15, -0.1) is 0 Å². The van der Waals surface area contributed by atoms with Gasteiger partial charge in [0.1, 0.15) is 5.82 Å². The largest absolute Gasteiger partial charge is 0.488 e. The van der Waals surface area contributed by atoms with Crippen molar-refractivity contribution in [3.05, 3.63) is 29.8 Å². The lowest BCUT2D eigenvalue weighted by Crippen LogP contribution is -2.36.